The van der Waals surface area contributed by atoms with E-state index in [-0.39, 0.29) is 28.0 Å². The van der Waals surface area contributed by atoms with Gasteiger partial charge >= 0.3 is 0 Å². The Hall–Kier alpha value is -2.89. The number of hydrogen-bond donors (Lipinski definition) is 1. The highest BCUT2D eigenvalue weighted by Crippen LogP contribution is 2.40. The van der Waals surface area contributed by atoms with Crippen LogP contribution in [0.3, 0.4) is 0 Å². The Balaban J connectivity index is 2.03. The Morgan fingerprint density at radius 3 is 2.32 bits per heavy atom. The molecule has 0 bridgehead atoms. The lowest BCUT2D eigenvalue weighted by Crippen LogP contribution is -2.20. The molecule has 0 unspecified atom stereocenters. The van der Waals surface area contributed by atoms with Crippen LogP contribution in [0.15, 0.2) is 52.9 Å². The Morgan fingerprint density at radius 2 is 1.71 bits per heavy atom. The maximum absolute atomic E-state index is 13.6. The van der Waals surface area contributed by atoms with Crippen molar-refractivity contribution >= 4 is 45.8 Å². The van der Waals surface area contributed by atoms with Gasteiger partial charge in [-0.25, -0.2) is 9.37 Å². The van der Waals surface area contributed by atoms with Gasteiger partial charge in [-0.3, -0.25) is 4.79 Å². The molecule has 0 saturated heterocycles. The second-order valence-corrected chi connectivity index (χ2v) is 9.14. The molecule has 7 heteroatoms. The fraction of sp³-hybridized carbons (Fsp3) is 0.167. The first-order chi connectivity index (χ1) is 14.6. The van der Waals surface area contributed by atoms with Gasteiger partial charge in [-0.2, -0.15) is 0 Å². The lowest BCUT2D eigenvalue weighted by molar-refractivity contribution is 0.0832. The van der Waals surface area contributed by atoms with Gasteiger partial charge in [0.25, 0.3) is 0 Å². The van der Waals surface area contributed by atoms with Crippen LogP contribution in [0, 0.1) is 11.2 Å². The van der Waals surface area contributed by atoms with Crippen LogP contribution in [0.4, 0.5) is 10.1 Å². The summed E-state index contributed by atoms with van der Waals surface area (Å²) in [7, 11) is 0. The Kier molecular flexibility index (Phi) is 5.28. The minimum Gasteiger partial charge on any atom is -0.432 e. The normalized spacial score (nSPS) is 11.8. The van der Waals surface area contributed by atoms with Crippen molar-refractivity contribution in [2.75, 3.05) is 5.73 Å². The number of rotatable bonds is 3. The van der Waals surface area contributed by atoms with Crippen LogP contribution in [-0.2, 0) is 0 Å². The summed E-state index contributed by atoms with van der Waals surface area (Å²) in [5.74, 6) is -0.611. The van der Waals surface area contributed by atoms with Gasteiger partial charge < -0.3 is 10.2 Å². The Bertz CT molecular complexity index is 1320. The smallest absolute Gasteiger partial charge is 0.229 e. The molecule has 2 aromatic carbocycles. The summed E-state index contributed by atoms with van der Waals surface area (Å²) in [4.78, 5) is 17.5. The first-order valence-electron chi connectivity index (χ1n) is 9.55. The van der Waals surface area contributed by atoms with E-state index in [9.17, 15) is 9.18 Å². The number of carbonyl (C=O) groups is 1. The van der Waals surface area contributed by atoms with E-state index in [0.29, 0.717) is 27.2 Å². The average molecular weight is 457 g/mol. The topological polar surface area (TPSA) is 69.1 Å². The third-order valence-electron chi connectivity index (χ3n) is 4.95. The van der Waals surface area contributed by atoms with Gasteiger partial charge in [0.05, 0.1) is 21.8 Å². The predicted molar refractivity (Wildman–Crippen MR) is 123 cm³/mol. The fourth-order valence-corrected chi connectivity index (χ4v) is 3.67. The van der Waals surface area contributed by atoms with Crippen molar-refractivity contribution in [1.82, 2.24) is 4.98 Å². The fourth-order valence-electron chi connectivity index (χ4n) is 3.29. The minimum atomic E-state index is -0.676. The molecule has 0 spiro atoms. The number of halogens is 3. The molecule has 0 amide bonds. The lowest BCUT2D eigenvalue weighted by atomic mass is 9.89. The van der Waals surface area contributed by atoms with Crippen molar-refractivity contribution < 1.29 is 13.6 Å². The highest BCUT2D eigenvalue weighted by atomic mass is 35.5. The first-order valence-corrected chi connectivity index (χ1v) is 10.3. The summed E-state index contributed by atoms with van der Waals surface area (Å²) < 4.78 is 19.4. The minimum absolute atomic E-state index is 0.0689. The summed E-state index contributed by atoms with van der Waals surface area (Å²) in [6, 6.07) is 13.1. The van der Waals surface area contributed by atoms with E-state index in [1.54, 1.807) is 45.0 Å². The zero-order valence-corrected chi connectivity index (χ0v) is 18.6. The quantitative estimate of drug-likeness (QED) is 0.325. The zero-order valence-electron chi connectivity index (χ0n) is 17.1. The van der Waals surface area contributed by atoms with E-state index in [2.05, 4.69) is 4.98 Å². The van der Waals surface area contributed by atoms with E-state index in [1.165, 1.54) is 12.1 Å². The molecule has 158 valence electrons. The molecular weight excluding hydrogens is 438 g/mol. The SMILES string of the molecule is CC(C)(C)C(=O)c1oc2nc(-c3ccc(F)cc3Cl)c(-c3ccc(Cl)cc3)cc2c1N. The summed E-state index contributed by atoms with van der Waals surface area (Å²) in [5.41, 5.74) is 8.55. The number of pyridine rings is 1. The van der Waals surface area contributed by atoms with Crippen molar-refractivity contribution in [1.29, 1.82) is 0 Å². The molecule has 2 heterocycles. The van der Waals surface area contributed by atoms with E-state index in [1.807, 2.05) is 12.1 Å². The van der Waals surface area contributed by atoms with Gasteiger partial charge in [0, 0.05) is 21.6 Å². The van der Waals surface area contributed by atoms with E-state index in [0.717, 1.165) is 5.56 Å². The second kappa shape index (κ2) is 7.66. The van der Waals surface area contributed by atoms with E-state index < -0.39 is 11.2 Å². The van der Waals surface area contributed by atoms with Crippen molar-refractivity contribution in [2.45, 2.75) is 20.8 Å². The Labute approximate surface area is 188 Å². The molecule has 4 rings (SSSR count). The average Bonchev–Trinajstić information content (AvgIpc) is 3.02. The molecule has 2 N–H and O–H groups in total. The van der Waals surface area contributed by atoms with E-state index >= 15 is 0 Å². The molecule has 0 atom stereocenters. The second-order valence-electron chi connectivity index (χ2n) is 8.29. The van der Waals surface area contributed by atoms with Gasteiger partial charge in [0.15, 0.2) is 5.76 Å². The predicted octanol–water partition coefficient (Wildman–Crippen LogP) is 7.42. The number of carbonyl (C=O) groups excluding carboxylic acids is 1. The molecule has 4 nitrogen and oxygen atoms in total. The van der Waals surface area contributed by atoms with E-state index in [4.69, 9.17) is 33.4 Å². The molecule has 2 aromatic heterocycles. The zero-order chi connectivity index (χ0) is 22.5. The van der Waals surface area contributed by atoms with Gasteiger partial charge in [0.2, 0.25) is 11.5 Å². The van der Waals surface area contributed by atoms with Gasteiger partial charge in [-0.1, -0.05) is 56.1 Å². The number of Topliss-reactive ketones (excluding diaryl/α,β-unsaturated/α-hetero) is 1. The van der Waals surface area contributed by atoms with Gasteiger partial charge in [-0.15, -0.1) is 0 Å². The lowest BCUT2D eigenvalue weighted by Gasteiger charge is -2.14. The molecule has 0 radical (unpaired) electrons. The van der Waals surface area contributed by atoms with Crippen LogP contribution >= 0.6 is 23.2 Å². The molecule has 0 aliphatic heterocycles. The molecule has 0 saturated carbocycles. The monoisotopic (exact) mass is 456 g/mol. The molecular formula is C24H19Cl2FN2O2. The van der Waals surface area contributed by atoms with Gasteiger partial charge in [-0.05, 0) is 42.0 Å². The number of aromatic nitrogens is 1. The highest BCUT2D eigenvalue weighted by Gasteiger charge is 2.30. The van der Waals surface area contributed by atoms with Crippen molar-refractivity contribution in [3.8, 4) is 22.4 Å². The number of hydrogen-bond acceptors (Lipinski definition) is 4. The van der Waals surface area contributed by atoms with Crippen molar-refractivity contribution in [2.24, 2.45) is 5.41 Å². The number of nitrogen functional groups attached to an aromatic ring is 1. The van der Waals surface area contributed by atoms with Crippen LogP contribution in [0.1, 0.15) is 31.3 Å². The van der Waals surface area contributed by atoms with Crippen LogP contribution in [0.25, 0.3) is 33.5 Å². The van der Waals surface area contributed by atoms with Crippen molar-refractivity contribution in [3.05, 3.63) is 70.2 Å². The molecule has 0 aliphatic rings. The number of furan rings is 1. The van der Waals surface area contributed by atoms with Crippen LogP contribution < -0.4 is 5.73 Å². The van der Waals surface area contributed by atoms with Crippen molar-refractivity contribution in [3.63, 3.8) is 0 Å². The number of nitrogens with zero attached hydrogens (tertiary/aromatic N) is 1. The standard InChI is InChI=1S/C24H19Cl2FN2O2/c1-24(2,3)22(30)21-19(28)17-11-16(12-4-6-13(25)7-5-12)20(29-23(17)31-21)15-9-8-14(27)10-18(15)26/h4-11H,28H2,1-3H3. The first kappa shape index (κ1) is 21.3. The van der Waals surface area contributed by atoms with Crippen LogP contribution in [-0.4, -0.2) is 10.8 Å². The third kappa shape index (κ3) is 3.91. The number of anilines is 1. The number of nitrogens with two attached hydrogens (primary N) is 1. The van der Waals surface area contributed by atoms with Crippen LogP contribution in [0.2, 0.25) is 10.0 Å². The summed E-state index contributed by atoms with van der Waals surface area (Å²) in [6.07, 6.45) is 0. The van der Waals surface area contributed by atoms with Gasteiger partial charge in [0.1, 0.15) is 5.82 Å². The number of benzene rings is 2. The third-order valence-corrected chi connectivity index (χ3v) is 5.51. The number of fused-ring (bicyclic) bond motifs is 1. The highest BCUT2D eigenvalue weighted by molar-refractivity contribution is 6.33. The maximum Gasteiger partial charge on any atom is 0.229 e. The summed E-state index contributed by atoms with van der Waals surface area (Å²) in [6.45, 7) is 5.37. The summed E-state index contributed by atoms with van der Waals surface area (Å²) >= 11 is 12.4. The summed E-state index contributed by atoms with van der Waals surface area (Å²) in [5, 5.41) is 1.30. The molecule has 0 fully saturated rings. The largest absolute Gasteiger partial charge is 0.432 e. The van der Waals surface area contributed by atoms with Crippen LogP contribution in [0.5, 0.6) is 0 Å². The Morgan fingerprint density at radius 1 is 1.03 bits per heavy atom. The molecule has 4 aromatic rings. The molecule has 31 heavy (non-hydrogen) atoms. The number of ketones is 1. The maximum atomic E-state index is 13.6. The molecule has 0 aliphatic carbocycles.